The number of hydrogen-bond acceptors (Lipinski definition) is 5. The van der Waals surface area contributed by atoms with Gasteiger partial charge in [0.25, 0.3) is 0 Å². The Hall–Kier alpha value is -2.37. The van der Waals surface area contributed by atoms with E-state index in [-0.39, 0.29) is 23.7 Å². The predicted octanol–water partition coefficient (Wildman–Crippen LogP) is 2.39. The van der Waals surface area contributed by atoms with Crippen molar-refractivity contribution in [2.75, 3.05) is 7.11 Å². The Bertz CT molecular complexity index is 661. The van der Waals surface area contributed by atoms with Gasteiger partial charge >= 0.3 is 11.9 Å². The van der Waals surface area contributed by atoms with Crippen LogP contribution in [0.25, 0.3) is 0 Å². The first-order valence-corrected chi connectivity index (χ1v) is 9.25. The van der Waals surface area contributed by atoms with E-state index in [0.29, 0.717) is 12.2 Å². The van der Waals surface area contributed by atoms with Crippen molar-refractivity contribution in [1.29, 1.82) is 0 Å². The number of rotatable bonds is 7. The number of carbonyl (C=O) groups is 3. The van der Waals surface area contributed by atoms with Gasteiger partial charge in [-0.25, -0.2) is 4.79 Å². The second-order valence-electron chi connectivity index (χ2n) is 7.11. The summed E-state index contributed by atoms with van der Waals surface area (Å²) < 4.78 is 10.2. The summed E-state index contributed by atoms with van der Waals surface area (Å²) in [4.78, 5) is 36.0. The van der Waals surface area contributed by atoms with Crippen LogP contribution in [0.5, 0.6) is 5.75 Å². The monoisotopic (exact) mass is 359 g/mol. The van der Waals surface area contributed by atoms with Gasteiger partial charge in [-0.15, -0.1) is 0 Å². The molecule has 1 N–H and O–H groups in total. The molecular weight excluding hydrogens is 334 g/mol. The molecule has 0 spiro atoms. The van der Waals surface area contributed by atoms with Crippen LogP contribution in [-0.2, 0) is 25.5 Å². The summed E-state index contributed by atoms with van der Waals surface area (Å²) in [5, 5.41) is 2.80. The number of methoxy groups -OCH3 is 1. The van der Waals surface area contributed by atoms with Crippen molar-refractivity contribution in [3.8, 4) is 5.75 Å². The molecule has 0 bridgehead atoms. The first kappa shape index (κ1) is 18.4. The molecule has 0 aromatic heterocycles. The highest BCUT2D eigenvalue weighted by Gasteiger charge is 2.30. The van der Waals surface area contributed by atoms with E-state index in [9.17, 15) is 14.4 Å². The van der Waals surface area contributed by atoms with E-state index in [1.165, 1.54) is 7.11 Å². The molecule has 0 aliphatic heterocycles. The normalized spacial score (nSPS) is 18.2. The number of hydrogen-bond donors (Lipinski definition) is 1. The Morgan fingerprint density at radius 2 is 1.65 bits per heavy atom. The lowest BCUT2D eigenvalue weighted by atomic mass is 9.84. The van der Waals surface area contributed by atoms with Gasteiger partial charge in [-0.1, -0.05) is 25.0 Å². The fraction of sp³-hybridized carbons (Fsp3) is 0.550. The first-order chi connectivity index (χ1) is 12.6. The Kier molecular flexibility index (Phi) is 5.91. The van der Waals surface area contributed by atoms with Crippen LogP contribution in [0, 0.1) is 11.8 Å². The Morgan fingerprint density at radius 1 is 1.04 bits per heavy atom. The van der Waals surface area contributed by atoms with Gasteiger partial charge < -0.3 is 14.8 Å². The van der Waals surface area contributed by atoms with Gasteiger partial charge in [0.05, 0.1) is 13.0 Å². The molecule has 1 aromatic rings. The number of carbonyl (C=O) groups excluding carboxylic acids is 3. The molecule has 2 saturated carbocycles. The van der Waals surface area contributed by atoms with Gasteiger partial charge in [-0.2, -0.15) is 0 Å². The number of ether oxygens (including phenoxy) is 2. The molecular formula is C20H25NO5. The van der Waals surface area contributed by atoms with Crippen LogP contribution < -0.4 is 10.1 Å². The molecule has 140 valence electrons. The molecule has 0 unspecified atom stereocenters. The third-order valence-corrected chi connectivity index (χ3v) is 5.30. The molecule has 1 amide bonds. The molecule has 26 heavy (non-hydrogen) atoms. The van der Waals surface area contributed by atoms with Crippen LogP contribution in [0.4, 0.5) is 0 Å². The van der Waals surface area contributed by atoms with Crippen molar-refractivity contribution < 1.29 is 23.9 Å². The molecule has 2 aliphatic carbocycles. The zero-order chi connectivity index (χ0) is 18.5. The van der Waals surface area contributed by atoms with Crippen molar-refractivity contribution in [1.82, 2.24) is 5.32 Å². The highest BCUT2D eigenvalue weighted by molar-refractivity contribution is 5.86. The quantitative estimate of drug-likeness (QED) is 0.597. The molecule has 0 radical (unpaired) electrons. The molecule has 0 heterocycles. The van der Waals surface area contributed by atoms with Crippen molar-refractivity contribution in [2.24, 2.45) is 11.8 Å². The van der Waals surface area contributed by atoms with Crippen LogP contribution in [0.1, 0.15) is 44.1 Å². The van der Waals surface area contributed by atoms with Crippen molar-refractivity contribution >= 4 is 17.8 Å². The molecule has 2 aliphatic rings. The fourth-order valence-corrected chi connectivity index (χ4v) is 3.07. The van der Waals surface area contributed by atoms with Crippen LogP contribution in [0.2, 0.25) is 0 Å². The minimum Gasteiger partial charge on any atom is -0.467 e. The van der Waals surface area contributed by atoms with E-state index < -0.39 is 12.0 Å². The SMILES string of the molecule is COC(=O)[C@H](Cc1ccc(OC(=O)C2CCC2)cc1)NC(=O)C1CCC1. The maximum atomic E-state index is 12.1. The van der Waals surface area contributed by atoms with Crippen LogP contribution in [0.3, 0.4) is 0 Å². The Labute approximate surface area is 153 Å². The first-order valence-electron chi connectivity index (χ1n) is 9.25. The van der Waals surface area contributed by atoms with Crippen molar-refractivity contribution in [3.63, 3.8) is 0 Å². The van der Waals surface area contributed by atoms with Gasteiger partial charge in [-0.05, 0) is 43.4 Å². The minimum absolute atomic E-state index is 0.00968. The molecule has 6 nitrogen and oxygen atoms in total. The largest absolute Gasteiger partial charge is 0.467 e. The zero-order valence-corrected chi connectivity index (χ0v) is 15.0. The highest BCUT2D eigenvalue weighted by atomic mass is 16.5. The summed E-state index contributed by atoms with van der Waals surface area (Å²) in [5.41, 5.74) is 0.859. The van der Waals surface area contributed by atoms with Gasteiger partial charge in [0.15, 0.2) is 0 Å². The van der Waals surface area contributed by atoms with E-state index >= 15 is 0 Å². The lowest BCUT2D eigenvalue weighted by Crippen LogP contribution is -2.46. The highest BCUT2D eigenvalue weighted by Crippen LogP contribution is 2.28. The van der Waals surface area contributed by atoms with Gasteiger partial charge in [0, 0.05) is 12.3 Å². The third-order valence-electron chi connectivity index (χ3n) is 5.30. The van der Waals surface area contributed by atoms with Crippen molar-refractivity contribution in [3.05, 3.63) is 29.8 Å². The van der Waals surface area contributed by atoms with Crippen LogP contribution >= 0.6 is 0 Å². The molecule has 1 atom stereocenters. The lowest BCUT2D eigenvalue weighted by Gasteiger charge is -2.26. The molecule has 3 rings (SSSR count). The summed E-state index contributed by atoms with van der Waals surface area (Å²) in [6.07, 6.45) is 6.03. The number of esters is 2. The summed E-state index contributed by atoms with van der Waals surface area (Å²) in [7, 11) is 1.31. The number of nitrogens with one attached hydrogen (secondary N) is 1. The average Bonchev–Trinajstić information content (AvgIpc) is 2.51. The maximum absolute atomic E-state index is 12.1. The van der Waals surface area contributed by atoms with E-state index in [2.05, 4.69) is 5.32 Å². The molecule has 6 heteroatoms. The van der Waals surface area contributed by atoms with Gasteiger partial charge in [0.2, 0.25) is 5.91 Å². The molecule has 2 fully saturated rings. The number of amides is 1. The lowest BCUT2D eigenvalue weighted by molar-refractivity contribution is -0.146. The average molecular weight is 359 g/mol. The standard InChI is InChI=1S/C20H25NO5/c1-25-20(24)17(21-18(22)14-4-2-5-14)12-13-8-10-16(11-9-13)26-19(23)15-6-3-7-15/h8-11,14-15,17H,2-7,12H2,1H3,(H,21,22)/t17-/m0/s1. The van der Waals surface area contributed by atoms with E-state index in [0.717, 1.165) is 44.1 Å². The summed E-state index contributed by atoms with van der Waals surface area (Å²) in [6.45, 7) is 0. The second kappa shape index (κ2) is 8.34. The Morgan fingerprint density at radius 3 is 2.15 bits per heavy atom. The molecule has 0 saturated heterocycles. The Balaban J connectivity index is 1.57. The summed E-state index contributed by atoms with van der Waals surface area (Å²) in [5.74, 6) is -0.186. The maximum Gasteiger partial charge on any atom is 0.328 e. The smallest absolute Gasteiger partial charge is 0.328 e. The van der Waals surface area contributed by atoms with E-state index in [4.69, 9.17) is 9.47 Å². The third kappa shape index (κ3) is 4.42. The van der Waals surface area contributed by atoms with Crippen molar-refractivity contribution in [2.45, 2.75) is 51.0 Å². The minimum atomic E-state index is -0.712. The zero-order valence-electron chi connectivity index (χ0n) is 15.0. The second-order valence-corrected chi connectivity index (χ2v) is 7.11. The van der Waals surface area contributed by atoms with E-state index in [1.54, 1.807) is 24.3 Å². The van der Waals surface area contributed by atoms with Gasteiger partial charge in [-0.3, -0.25) is 9.59 Å². The summed E-state index contributed by atoms with van der Waals surface area (Å²) in [6, 6.07) is 6.32. The van der Waals surface area contributed by atoms with E-state index in [1.807, 2.05) is 0 Å². The molecule has 1 aromatic carbocycles. The van der Waals surface area contributed by atoms with Crippen LogP contribution in [0.15, 0.2) is 24.3 Å². The number of benzene rings is 1. The topological polar surface area (TPSA) is 81.7 Å². The van der Waals surface area contributed by atoms with Crippen LogP contribution in [-0.4, -0.2) is 31.0 Å². The predicted molar refractivity (Wildman–Crippen MR) is 94.4 cm³/mol. The fourth-order valence-electron chi connectivity index (χ4n) is 3.07. The summed E-state index contributed by atoms with van der Waals surface area (Å²) >= 11 is 0. The van der Waals surface area contributed by atoms with Gasteiger partial charge in [0.1, 0.15) is 11.8 Å².